The lowest BCUT2D eigenvalue weighted by atomic mass is 9.77. The third-order valence-corrected chi connectivity index (χ3v) is 8.28. The Labute approximate surface area is 255 Å². The molecule has 11 heteroatoms. The number of carbonyl (C=O) groups excluding carboxylic acids is 2. The van der Waals surface area contributed by atoms with Crippen LogP contribution in [0.25, 0.3) is 0 Å². The first-order chi connectivity index (χ1) is 21.3. The fourth-order valence-corrected chi connectivity index (χ4v) is 5.86. The molecule has 1 aliphatic carbocycles. The standard InChI is InChI=1S/C33H36FN5O5/c1-2-3-17-43-28-27(29(40)36-26(19-35)18-22-9-11-25(34)12-10-22)37-31-33(15-13-23(14-16-33)20-39(31)30(28)41)38-32(42)44-21-24-7-5-4-6-8-24/h4-12,23,26H,2-3,13-18,20-21H2,1H3,(H,36,40)(H,38,42). The second-order valence-corrected chi connectivity index (χ2v) is 11.4. The summed E-state index contributed by atoms with van der Waals surface area (Å²) < 4.78 is 26.3. The van der Waals surface area contributed by atoms with Gasteiger partial charge >= 0.3 is 6.09 Å². The number of rotatable bonds is 11. The fraction of sp³-hybridized carbons (Fsp3) is 0.424. The lowest BCUT2D eigenvalue weighted by Gasteiger charge is -2.36. The number of amides is 2. The number of aromatic nitrogens is 2. The van der Waals surface area contributed by atoms with Crippen molar-refractivity contribution in [3.8, 4) is 11.8 Å². The predicted octanol–water partition coefficient (Wildman–Crippen LogP) is 4.75. The van der Waals surface area contributed by atoms with Crippen molar-refractivity contribution in [1.29, 1.82) is 5.26 Å². The molecule has 2 N–H and O–H groups in total. The molecule has 2 amide bonds. The summed E-state index contributed by atoms with van der Waals surface area (Å²) in [7, 11) is 0. The van der Waals surface area contributed by atoms with Crippen molar-refractivity contribution in [3.05, 3.63) is 93.4 Å². The average molecular weight is 602 g/mol. The first kappa shape index (κ1) is 30.7. The monoisotopic (exact) mass is 601 g/mol. The molecular formula is C33H36FN5O5. The van der Waals surface area contributed by atoms with Gasteiger partial charge in [0.25, 0.3) is 11.5 Å². The van der Waals surface area contributed by atoms with Gasteiger partial charge in [0, 0.05) is 13.0 Å². The molecule has 0 spiro atoms. The van der Waals surface area contributed by atoms with Crippen LogP contribution in [-0.4, -0.2) is 34.2 Å². The summed E-state index contributed by atoms with van der Waals surface area (Å²) in [6.07, 6.45) is 3.50. The molecule has 3 heterocycles. The molecule has 44 heavy (non-hydrogen) atoms. The molecular weight excluding hydrogens is 565 g/mol. The van der Waals surface area contributed by atoms with Crippen LogP contribution < -0.4 is 20.9 Å². The van der Waals surface area contributed by atoms with Gasteiger partial charge in [-0.15, -0.1) is 0 Å². The van der Waals surface area contributed by atoms with Crippen molar-refractivity contribution < 1.29 is 23.5 Å². The number of nitrogens with zero attached hydrogens (tertiary/aromatic N) is 3. The van der Waals surface area contributed by atoms with Gasteiger partial charge in [-0.1, -0.05) is 55.8 Å². The number of halogens is 1. The lowest BCUT2D eigenvalue weighted by Crippen LogP contribution is -2.50. The molecule has 10 nitrogen and oxygen atoms in total. The summed E-state index contributed by atoms with van der Waals surface area (Å²) in [6, 6.07) is 16.0. The van der Waals surface area contributed by atoms with Crippen LogP contribution in [-0.2, 0) is 29.8 Å². The lowest BCUT2D eigenvalue weighted by molar-refractivity contribution is 0.0933. The maximum absolute atomic E-state index is 14.0. The van der Waals surface area contributed by atoms with Gasteiger partial charge in [-0.2, -0.15) is 5.26 Å². The summed E-state index contributed by atoms with van der Waals surface area (Å²) in [5.41, 5.74) is -0.275. The maximum atomic E-state index is 14.0. The van der Waals surface area contributed by atoms with Gasteiger partial charge in [0.15, 0.2) is 5.69 Å². The highest BCUT2D eigenvalue weighted by Gasteiger charge is 2.46. The summed E-state index contributed by atoms with van der Waals surface area (Å²) >= 11 is 0. The molecule has 1 atom stereocenters. The number of nitriles is 1. The highest BCUT2D eigenvalue weighted by atomic mass is 19.1. The summed E-state index contributed by atoms with van der Waals surface area (Å²) in [5.74, 6) is -0.852. The van der Waals surface area contributed by atoms with Gasteiger partial charge in [0.05, 0.1) is 12.7 Å². The topological polar surface area (TPSA) is 135 Å². The molecule has 2 aliphatic heterocycles. The van der Waals surface area contributed by atoms with E-state index >= 15 is 0 Å². The minimum absolute atomic E-state index is 0.0765. The molecule has 0 radical (unpaired) electrons. The molecule has 3 aliphatic rings. The number of ether oxygens (including phenoxy) is 2. The Kier molecular flexibility index (Phi) is 9.58. The van der Waals surface area contributed by atoms with E-state index in [0.717, 1.165) is 24.8 Å². The van der Waals surface area contributed by atoms with E-state index in [0.29, 0.717) is 31.4 Å². The van der Waals surface area contributed by atoms with E-state index in [-0.39, 0.29) is 42.8 Å². The number of hydrogen-bond acceptors (Lipinski definition) is 7. The van der Waals surface area contributed by atoms with Crippen LogP contribution in [0.3, 0.4) is 0 Å². The van der Waals surface area contributed by atoms with Gasteiger partial charge in [0.2, 0.25) is 5.75 Å². The zero-order valence-corrected chi connectivity index (χ0v) is 24.7. The molecule has 3 aromatic rings. The number of hydrogen-bond donors (Lipinski definition) is 2. The van der Waals surface area contributed by atoms with Gasteiger partial charge in [-0.3, -0.25) is 14.2 Å². The minimum Gasteiger partial charge on any atom is -0.486 e. The van der Waals surface area contributed by atoms with E-state index in [4.69, 9.17) is 14.5 Å². The van der Waals surface area contributed by atoms with Crippen molar-refractivity contribution >= 4 is 12.0 Å². The average Bonchev–Trinajstić information content (AvgIpc) is 3.28. The first-order valence-electron chi connectivity index (χ1n) is 15.0. The smallest absolute Gasteiger partial charge is 0.408 e. The van der Waals surface area contributed by atoms with Crippen molar-refractivity contribution in [1.82, 2.24) is 20.2 Å². The summed E-state index contributed by atoms with van der Waals surface area (Å²) in [6.45, 7) is 2.66. The van der Waals surface area contributed by atoms with E-state index in [9.17, 15) is 24.0 Å². The van der Waals surface area contributed by atoms with E-state index in [2.05, 4.69) is 16.7 Å². The van der Waals surface area contributed by atoms with E-state index in [1.807, 2.05) is 37.3 Å². The van der Waals surface area contributed by atoms with E-state index < -0.39 is 35.0 Å². The zero-order valence-electron chi connectivity index (χ0n) is 24.7. The molecule has 6 rings (SSSR count). The largest absolute Gasteiger partial charge is 0.486 e. The first-order valence-corrected chi connectivity index (χ1v) is 15.0. The van der Waals surface area contributed by atoms with Crippen LogP contribution in [0.5, 0.6) is 5.75 Å². The van der Waals surface area contributed by atoms with Gasteiger partial charge in [0.1, 0.15) is 29.8 Å². The second kappa shape index (κ2) is 13.7. The minimum atomic E-state index is -1.03. The Morgan fingerprint density at radius 1 is 1.14 bits per heavy atom. The molecule has 230 valence electrons. The van der Waals surface area contributed by atoms with Crippen LogP contribution in [0.4, 0.5) is 9.18 Å². The Hall–Kier alpha value is -4.72. The Morgan fingerprint density at radius 2 is 1.86 bits per heavy atom. The summed E-state index contributed by atoms with van der Waals surface area (Å²) in [4.78, 5) is 45.5. The van der Waals surface area contributed by atoms with Crippen molar-refractivity contribution in [2.45, 2.75) is 76.6 Å². The highest BCUT2D eigenvalue weighted by Crippen LogP contribution is 2.43. The van der Waals surface area contributed by atoms with Gasteiger partial charge < -0.3 is 20.1 Å². The number of alkyl carbamates (subject to hydrolysis) is 1. The quantitative estimate of drug-likeness (QED) is 0.303. The molecule has 2 bridgehead atoms. The second-order valence-electron chi connectivity index (χ2n) is 11.4. The highest BCUT2D eigenvalue weighted by molar-refractivity contribution is 5.95. The Balaban J connectivity index is 1.47. The van der Waals surface area contributed by atoms with Crippen LogP contribution in [0.15, 0.2) is 59.4 Å². The van der Waals surface area contributed by atoms with E-state index in [1.165, 1.54) is 16.7 Å². The third-order valence-electron chi connectivity index (χ3n) is 8.28. The van der Waals surface area contributed by atoms with Crippen LogP contribution in [0, 0.1) is 23.1 Å². The summed E-state index contributed by atoms with van der Waals surface area (Å²) in [5, 5.41) is 15.5. The van der Waals surface area contributed by atoms with Crippen LogP contribution >= 0.6 is 0 Å². The molecule has 1 fully saturated rings. The van der Waals surface area contributed by atoms with Crippen molar-refractivity contribution in [2.24, 2.45) is 5.92 Å². The molecule has 0 saturated heterocycles. The van der Waals surface area contributed by atoms with Crippen LogP contribution in [0.2, 0.25) is 0 Å². The maximum Gasteiger partial charge on any atom is 0.408 e. The number of fused-ring (bicyclic) bond motifs is 2. The zero-order chi connectivity index (χ0) is 31.1. The van der Waals surface area contributed by atoms with E-state index in [1.54, 1.807) is 12.1 Å². The van der Waals surface area contributed by atoms with Crippen molar-refractivity contribution in [2.75, 3.05) is 6.61 Å². The molecule has 1 unspecified atom stereocenters. The SMILES string of the molecule is CCCCOc1c(C(=O)NC(C#N)Cc2ccc(F)cc2)nc2n(c1=O)CC1CCC2(NC(=O)OCc2ccccc2)CC1. The normalized spacial score (nSPS) is 19.2. The Morgan fingerprint density at radius 3 is 2.55 bits per heavy atom. The van der Waals surface area contributed by atoms with Gasteiger partial charge in [-0.25, -0.2) is 14.2 Å². The third kappa shape index (κ3) is 6.91. The molecule has 1 aromatic heterocycles. The Bertz CT molecular complexity index is 1580. The van der Waals surface area contributed by atoms with Crippen LogP contribution in [0.1, 0.15) is 72.9 Å². The molecule has 2 aromatic carbocycles. The number of nitrogens with one attached hydrogen (secondary N) is 2. The van der Waals surface area contributed by atoms with Crippen molar-refractivity contribution in [3.63, 3.8) is 0 Å². The predicted molar refractivity (Wildman–Crippen MR) is 159 cm³/mol. The number of unbranched alkanes of at least 4 members (excludes halogenated alkanes) is 1. The van der Waals surface area contributed by atoms with Gasteiger partial charge in [-0.05, 0) is 61.3 Å². The fourth-order valence-electron chi connectivity index (χ4n) is 5.86. The molecule has 1 saturated carbocycles. The number of benzene rings is 2. The number of carbonyl (C=O) groups is 2.